The van der Waals surface area contributed by atoms with Crippen molar-refractivity contribution in [2.24, 2.45) is 0 Å². The summed E-state index contributed by atoms with van der Waals surface area (Å²) in [4.78, 5) is 0. The van der Waals surface area contributed by atoms with Gasteiger partial charge in [0.15, 0.2) is 0 Å². The van der Waals surface area contributed by atoms with Crippen molar-refractivity contribution in [3.63, 3.8) is 0 Å². The third-order valence-electron chi connectivity index (χ3n) is 1.13. The van der Waals surface area contributed by atoms with E-state index < -0.39 is 0 Å². The normalized spacial score (nSPS) is 9.27. The summed E-state index contributed by atoms with van der Waals surface area (Å²) in [5.41, 5.74) is 0. The van der Waals surface area contributed by atoms with Gasteiger partial charge in [-0.1, -0.05) is 12.6 Å². The van der Waals surface area contributed by atoms with Gasteiger partial charge in [-0.25, -0.2) is 0 Å². The number of hydrogen-bond acceptors (Lipinski definition) is 1. The van der Waals surface area contributed by atoms with E-state index in [1.54, 1.807) is 0 Å². The number of ether oxygens (including phenoxy) is 1. The van der Waals surface area contributed by atoms with Gasteiger partial charge in [0, 0.05) is 4.47 Å². The van der Waals surface area contributed by atoms with Crippen LogP contribution in [0.1, 0.15) is 0 Å². The molecule has 0 aromatic heterocycles. The molecule has 0 aliphatic carbocycles. The Morgan fingerprint density at radius 3 is 2.73 bits per heavy atom. The first-order valence-electron chi connectivity index (χ1n) is 2.97. The van der Waals surface area contributed by atoms with Crippen molar-refractivity contribution >= 4 is 31.9 Å². The Hall–Kier alpha value is -0.280. The summed E-state index contributed by atoms with van der Waals surface area (Å²) < 4.78 is 6.98. The summed E-state index contributed by atoms with van der Waals surface area (Å²) in [5, 5.41) is 0. The molecule has 0 radical (unpaired) electrons. The number of halogens is 2. The van der Waals surface area contributed by atoms with E-state index in [2.05, 4.69) is 38.4 Å². The van der Waals surface area contributed by atoms with Gasteiger partial charge in [0.25, 0.3) is 0 Å². The van der Waals surface area contributed by atoms with Gasteiger partial charge in [-0.05, 0) is 44.0 Å². The standard InChI is InChI=1S/C8H6Br2O/c1-2-11-7-5-3-4-6(9)8(7)10/h2-5H,1H2. The molecule has 0 bridgehead atoms. The van der Waals surface area contributed by atoms with Crippen LogP contribution in [-0.4, -0.2) is 0 Å². The maximum absolute atomic E-state index is 5.10. The SMILES string of the molecule is C=COc1cccc(Br)c1Br. The average Bonchev–Trinajstić information content (AvgIpc) is 1.99. The van der Waals surface area contributed by atoms with Gasteiger partial charge in [-0.2, -0.15) is 0 Å². The van der Waals surface area contributed by atoms with Crippen LogP contribution in [-0.2, 0) is 0 Å². The molecule has 58 valence electrons. The minimum atomic E-state index is 0.759. The topological polar surface area (TPSA) is 9.23 Å². The Balaban J connectivity index is 3.05. The molecule has 0 saturated heterocycles. The first-order valence-corrected chi connectivity index (χ1v) is 4.56. The summed E-state index contributed by atoms with van der Waals surface area (Å²) in [6, 6.07) is 5.68. The first kappa shape index (κ1) is 8.81. The Labute approximate surface area is 82.3 Å². The van der Waals surface area contributed by atoms with Crippen LogP contribution in [0.5, 0.6) is 5.75 Å². The zero-order chi connectivity index (χ0) is 8.27. The molecule has 0 unspecified atom stereocenters. The molecule has 0 fully saturated rings. The maximum atomic E-state index is 5.10. The lowest BCUT2D eigenvalue weighted by Crippen LogP contribution is -1.82. The van der Waals surface area contributed by atoms with Crippen LogP contribution in [0.3, 0.4) is 0 Å². The first-order chi connectivity index (χ1) is 5.25. The fraction of sp³-hybridized carbons (Fsp3) is 0. The van der Waals surface area contributed by atoms with Gasteiger partial charge in [0.2, 0.25) is 0 Å². The number of hydrogen-bond donors (Lipinski definition) is 0. The van der Waals surface area contributed by atoms with Crippen molar-refractivity contribution < 1.29 is 4.74 Å². The van der Waals surface area contributed by atoms with E-state index in [0.29, 0.717) is 0 Å². The second kappa shape index (κ2) is 3.93. The van der Waals surface area contributed by atoms with Crippen molar-refractivity contribution in [3.8, 4) is 5.75 Å². The van der Waals surface area contributed by atoms with E-state index in [-0.39, 0.29) is 0 Å². The third kappa shape index (κ3) is 2.07. The molecular weight excluding hydrogens is 272 g/mol. The molecule has 1 aromatic carbocycles. The minimum absolute atomic E-state index is 0.759. The van der Waals surface area contributed by atoms with Gasteiger partial charge in [-0.15, -0.1) is 0 Å². The molecule has 0 atom stereocenters. The highest BCUT2D eigenvalue weighted by Crippen LogP contribution is 2.32. The zero-order valence-corrected chi connectivity index (χ0v) is 8.85. The van der Waals surface area contributed by atoms with Gasteiger partial charge in [-0.3, -0.25) is 0 Å². The van der Waals surface area contributed by atoms with E-state index >= 15 is 0 Å². The van der Waals surface area contributed by atoms with Crippen LogP contribution in [0, 0.1) is 0 Å². The maximum Gasteiger partial charge on any atom is 0.141 e. The number of rotatable bonds is 2. The van der Waals surface area contributed by atoms with Crippen LogP contribution in [0.2, 0.25) is 0 Å². The Bertz CT molecular complexity index is 271. The molecule has 0 N–H and O–H groups in total. The molecule has 0 spiro atoms. The van der Waals surface area contributed by atoms with Crippen molar-refractivity contribution in [3.05, 3.63) is 40.0 Å². The predicted molar refractivity (Wildman–Crippen MR) is 52.7 cm³/mol. The van der Waals surface area contributed by atoms with Gasteiger partial charge in [0.05, 0.1) is 10.7 Å². The van der Waals surface area contributed by atoms with E-state index in [4.69, 9.17) is 4.74 Å². The smallest absolute Gasteiger partial charge is 0.141 e. The summed E-state index contributed by atoms with van der Waals surface area (Å²) in [6.07, 6.45) is 1.40. The molecule has 0 aliphatic heterocycles. The molecule has 11 heavy (non-hydrogen) atoms. The molecular formula is C8H6Br2O. The molecule has 1 aromatic rings. The quantitative estimate of drug-likeness (QED) is 0.749. The van der Waals surface area contributed by atoms with Crippen molar-refractivity contribution in [2.75, 3.05) is 0 Å². The zero-order valence-electron chi connectivity index (χ0n) is 5.68. The molecule has 0 heterocycles. The minimum Gasteiger partial charge on any atom is -0.464 e. The number of benzene rings is 1. The van der Waals surface area contributed by atoms with Gasteiger partial charge in [0.1, 0.15) is 5.75 Å². The molecule has 0 saturated carbocycles. The largest absolute Gasteiger partial charge is 0.464 e. The van der Waals surface area contributed by atoms with Crippen LogP contribution in [0.15, 0.2) is 40.0 Å². The Morgan fingerprint density at radius 2 is 2.09 bits per heavy atom. The predicted octanol–water partition coefficient (Wildman–Crippen LogP) is 3.73. The molecule has 0 aliphatic rings. The van der Waals surface area contributed by atoms with Gasteiger partial charge < -0.3 is 4.74 Å². The lowest BCUT2D eigenvalue weighted by molar-refractivity contribution is 0.480. The van der Waals surface area contributed by atoms with Crippen LogP contribution in [0.4, 0.5) is 0 Å². The molecule has 1 rings (SSSR count). The Kier molecular flexibility index (Phi) is 3.15. The van der Waals surface area contributed by atoms with Crippen LogP contribution >= 0.6 is 31.9 Å². The van der Waals surface area contributed by atoms with E-state index in [0.717, 1.165) is 14.7 Å². The van der Waals surface area contributed by atoms with Crippen molar-refractivity contribution in [2.45, 2.75) is 0 Å². The summed E-state index contributed by atoms with van der Waals surface area (Å²) in [6.45, 7) is 3.47. The summed E-state index contributed by atoms with van der Waals surface area (Å²) in [7, 11) is 0. The van der Waals surface area contributed by atoms with Crippen molar-refractivity contribution in [1.82, 2.24) is 0 Å². The average molecular weight is 278 g/mol. The van der Waals surface area contributed by atoms with Crippen molar-refractivity contribution in [1.29, 1.82) is 0 Å². The second-order valence-electron chi connectivity index (χ2n) is 1.84. The molecule has 1 nitrogen and oxygen atoms in total. The summed E-state index contributed by atoms with van der Waals surface area (Å²) in [5.74, 6) is 0.759. The summed E-state index contributed by atoms with van der Waals surface area (Å²) >= 11 is 6.72. The van der Waals surface area contributed by atoms with E-state index in [9.17, 15) is 0 Å². The van der Waals surface area contributed by atoms with E-state index in [1.165, 1.54) is 6.26 Å². The van der Waals surface area contributed by atoms with Crippen LogP contribution in [0.25, 0.3) is 0 Å². The monoisotopic (exact) mass is 276 g/mol. The van der Waals surface area contributed by atoms with E-state index in [1.807, 2.05) is 18.2 Å². The fourth-order valence-electron chi connectivity index (χ4n) is 0.665. The highest BCUT2D eigenvalue weighted by molar-refractivity contribution is 9.13. The molecule has 0 amide bonds. The lowest BCUT2D eigenvalue weighted by atomic mass is 10.3. The molecule has 3 heteroatoms. The lowest BCUT2D eigenvalue weighted by Gasteiger charge is -2.03. The van der Waals surface area contributed by atoms with Crippen LogP contribution < -0.4 is 4.74 Å². The Morgan fingerprint density at radius 1 is 1.36 bits per heavy atom. The second-order valence-corrected chi connectivity index (χ2v) is 3.48. The fourth-order valence-corrected chi connectivity index (χ4v) is 1.37. The highest BCUT2D eigenvalue weighted by Gasteiger charge is 2.01. The third-order valence-corrected chi connectivity index (χ3v) is 3.14. The highest BCUT2D eigenvalue weighted by atomic mass is 79.9. The van der Waals surface area contributed by atoms with Gasteiger partial charge >= 0.3 is 0 Å².